The highest BCUT2D eigenvalue weighted by Gasteiger charge is 2.33. The van der Waals surface area contributed by atoms with E-state index in [0.717, 1.165) is 44.2 Å². The lowest BCUT2D eigenvalue weighted by atomic mass is 9.99. The van der Waals surface area contributed by atoms with Gasteiger partial charge in [0.2, 0.25) is 0 Å². The van der Waals surface area contributed by atoms with Crippen molar-refractivity contribution in [3.05, 3.63) is 58.1 Å². The van der Waals surface area contributed by atoms with Crippen molar-refractivity contribution in [3.8, 4) is 0 Å². The SMILES string of the molecule is CN(C)[C@H](c1ccc([S@](N)(=O)=NC(=O)Nc2c3c(cc4c2CCC4)CCC3)cc1)C1CC1. The first-order valence-electron chi connectivity index (χ1n) is 11.6. The summed E-state index contributed by atoms with van der Waals surface area (Å²) in [6, 6.07) is 9.48. The summed E-state index contributed by atoms with van der Waals surface area (Å²) < 4.78 is 17.1. The molecule has 3 N–H and O–H groups in total. The maximum absolute atomic E-state index is 13.2. The molecule has 3 aliphatic rings. The fourth-order valence-corrected chi connectivity index (χ4v) is 6.46. The minimum Gasteiger partial charge on any atom is -0.305 e. The Balaban J connectivity index is 1.39. The molecule has 2 amide bonds. The van der Waals surface area contributed by atoms with Gasteiger partial charge in [-0.05, 0) is 111 Å². The number of carbonyl (C=O) groups is 1. The van der Waals surface area contributed by atoms with Gasteiger partial charge in [0.15, 0.2) is 0 Å². The topological polar surface area (TPSA) is 87.8 Å². The lowest BCUT2D eigenvalue weighted by Gasteiger charge is -2.24. The number of fused-ring (bicyclic) bond motifs is 2. The number of nitrogens with zero attached hydrogens (tertiary/aromatic N) is 2. The Morgan fingerprint density at radius 1 is 1.06 bits per heavy atom. The van der Waals surface area contributed by atoms with Crippen molar-refractivity contribution in [1.29, 1.82) is 0 Å². The maximum atomic E-state index is 13.2. The van der Waals surface area contributed by atoms with E-state index in [-0.39, 0.29) is 0 Å². The van der Waals surface area contributed by atoms with Crippen LogP contribution in [-0.2, 0) is 35.6 Å². The zero-order valence-corrected chi connectivity index (χ0v) is 19.7. The van der Waals surface area contributed by atoms with Crippen molar-refractivity contribution < 1.29 is 9.00 Å². The van der Waals surface area contributed by atoms with E-state index < -0.39 is 15.9 Å². The number of hydrogen-bond donors (Lipinski definition) is 2. The summed E-state index contributed by atoms with van der Waals surface area (Å²) in [5, 5.41) is 9.03. The van der Waals surface area contributed by atoms with Gasteiger partial charge in [0.25, 0.3) is 0 Å². The fourth-order valence-electron chi connectivity index (χ4n) is 5.54. The summed E-state index contributed by atoms with van der Waals surface area (Å²) in [6.07, 6.45) is 8.72. The largest absolute Gasteiger partial charge is 0.354 e. The van der Waals surface area contributed by atoms with Crippen LogP contribution in [0.25, 0.3) is 0 Å². The predicted octanol–water partition coefficient (Wildman–Crippen LogP) is 4.61. The van der Waals surface area contributed by atoms with Crippen LogP contribution in [0, 0.1) is 5.92 Å². The maximum Gasteiger partial charge on any atom is 0.354 e. The Morgan fingerprint density at radius 3 is 2.19 bits per heavy atom. The molecule has 0 saturated heterocycles. The van der Waals surface area contributed by atoms with Crippen LogP contribution >= 0.6 is 0 Å². The Hall–Kier alpha value is -2.22. The zero-order valence-electron chi connectivity index (χ0n) is 18.9. The number of carbonyl (C=O) groups excluding carboxylic acids is 1. The lowest BCUT2D eigenvalue weighted by Crippen LogP contribution is -2.22. The molecule has 170 valence electrons. The molecule has 3 aliphatic carbocycles. The molecule has 1 fully saturated rings. The normalized spacial score (nSPS) is 19.9. The number of rotatable bonds is 5. The summed E-state index contributed by atoms with van der Waals surface area (Å²) in [6.45, 7) is 0. The molecule has 0 aliphatic heterocycles. The zero-order chi connectivity index (χ0) is 22.5. The van der Waals surface area contributed by atoms with Gasteiger partial charge in [-0.1, -0.05) is 18.2 Å². The number of nitrogens with one attached hydrogen (secondary N) is 1. The number of aryl methyl sites for hydroxylation is 2. The van der Waals surface area contributed by atoms with Gasteiger partial charge in [-0.2, -0.15) is 0 Å². The van der Waals surface area contributed by atoms with Gasteiger partial charge in [-0.3, -0.25) is 0 Å². The van der Waals surface area contributed by atoms with E-state index in [0.29, 0.717) is 16.9 Å². The molecule has 6 nitrogen and oxygen atoms in total. The van der Waals surface area contributed by atoms with Crippen LogP contribution in [0.3, 0.4) is 0 Å². The molecule has 5 rings (SSSR count). The highest BCUT2D eigenvalue weighted by atomic mass is 32.2. The van der Waals surface area contributed by atoms with Crippen molar-refractivity contribution >= 4 is 21.6 Å². The molecule has 2 aromatic rings. The van der Waals surface area contributed by atoms with Crippen molar-refractivity contribution in [2.24, 2.45) is 15.4 Å². The van der Waals surface area contributed by atoms with Gasteiger partial charge in [0.1, 0.15) is 9.92 Å². The van der Waals surface area contributed by atoms with Gasteiger partial charge in [-0.15, -0.1) is 4.36 Å². The molecular weight excluding hydrogens is 420 g/mol. The fraction of sp³-hybridized carbons (Fsp3) is 0.480. The lowest BCUT2D eigenvalue weighted by molar-refractivity contribution is 0.260. The van der Waals surface area contributed by atoms with E-state index in [2.05, 4.69) is 34.7 Å². The number of nitrogens with two attached hydrogens (primary N) is 1. The highest BCUT2D eigenvalue weighted by molar-refractivity contribution is 7.91. The third-order valence-corrected chi connectivity index (χ3v) is 8.49. The third kappa shape index (κ3) is 4.09. The van der Waals surface area contributed by atoms with Crippen LogP contribution in [0.2, 0.25) is 0 Å². The molecule has 7 heteroatoms. The Labute approximate surface area is 190 Å². The first kappa shape index (κ1) is 21.6. The minimum absolute atomic E-state index is 0.348. The number of benzene rings is 2. The molecule has 0 aromatic heterocycles. The predicted molar refractivity (Wildman–Crippen MR) is 128 cm³/mol. The van der Waals surface area contributed by atoms with E-state index in [1.165, 1.54) is 40.7 Å². The van der Waals surface area contributed by atoms with Crippen LogP contribution in [0.15, 0.2) is 39.6 Å². The van der Waals surface area contributed by atoms with Crippen LogP contribution in [0.5, 0.6) is 0 Å². The van der Waals surface area contributed by atoms with Crippen LogP contribution < -0.4 is 10.5 Å². The van der Waals surface area contributed by atoms with Gasteiger partial charge < -0.3 is 10.2 Å². The quantitative estimate of drug-likeness (QED) is 0.694. The second kappa shape index (κ2) is 8.28. The molecule has 0 bridgehead atoms. The van der Waals surface area contributed by atoms with E-state index in [1.807, 2.05) is 12.1 Å². The minimum atomic E-state index is -3.33. The second-order valence-corrected chi connectivity index (χ2v) is 11.4. The van der Waals surface area contributed by atoms with Crippen molar-refractivity contribution in [3.63, 3.8) is 0 Å². The average Bonchev–Trinajstić information content (AvgIpc) is 3.25. The van der Waals surface area contributed by atoms with Crippen LogP contribution in [-0.4, -0.2) is 29.2 Å². The van der Waals surface area contributed by atoms with Crippen molar-refractivity contribution in [2.45, 2.75) is 62.3 Å². The van der Waals surface area contributed by atoms with Crippen molar-refractivity contribution in [1.82, 2.24) is 4.90 Å². The van der Waals surface area contributed by atoms with Gasteiger partial charge in [0, 0.05) is 11.7 Å². The molecule has 2 atom stereocenters. The summed E-state index contributed by atoms with van der Waals surface area (Å²) in [4.78, 5) is 15.4. The Bertz CT molecular complexity index is 1140. The molecule has 2 aromatic carbocycles. The van der Waals surface area contributed by atoms with Gasteiger partial charge >= 0.3 is 6.03 Å². The summed E-state index contributed by atoms with van der Waals surface area (Å²) in [7, 11) is 0.840. The van der Waals surface area contributed by atoms with Crippen LogP contribution in [0.4, 0.5) is 10.5 Å². The number of amides is 2. The second-order valence-electron chi connectivity index (χ2n) is 9.64. The van der Waals surface area contributed by atoms with E-state index in [1.54, 1.807) is 12.1 Å². The molecule has 0 radical (unpaired) electrons. The monoisotopic (exact) mass is 452 g/mol. The molecular formula is C25H32N4O2S. The number of urea groups is 1. The Kier molecular flexibility index (Phi) is 5.60. The molecule has 0 spiro atoms. The van der Waals surface area contributed by atoms with Crippen molar-refractivity contribution in [2.75, 3.05) is 19.4 Å². The standard InChI is InChI=1S/C25H32N4O2S/c1-29(2)24(16-9-10-16)17-11-13-20(14-12-17)32(26,31)28-25(30)27-23-21-7-3-5-18(21)15-19-6-4-8-22(19)23/h11-16,24H,3-10H2,1-2H3,(H3,26,27,28,30,31)/t24-,32+/m0/s1. The van der Waals surface area contributed by atoms with E-state index in [4.69, 9.17) is 5.14 Å². The van der Waals surface area contributed by atoms with Crippen LogP contribution in [0.1, 0.15) is 59.5 Å². The van der Waals surface area contributed by atoms with Gasteiger partial charge in [-0.25, -0.2) is 14.1 Å². The summed E-state index contributed by atoms with van der Waals surface area (Å²) >= 11 is 0. The molecule has 0 heterocycles. The smallest absolute Gasteiger partial charge is 0.305 e. The first-order chi connectivity index (χ1) is 15.3. The highest BCUT2D eigenvalue weighted by Crippen LogP contribution is 2.43. The summed E-state index contributed by atoms with van der Waals surface area (Å²) in [5.41, 5.74) is 7.17. The molecule has 32 heavy (non-hydrogen) atoms. The Morgan fingerprint density at radius 2 is 1.66 bits per heavy atom. The number of hydrogen-bond acceptors (Lipinski definition) is 3. The molecule has 0 unspecified atom stereocenters. The van der Waals surface area contributed by atoms with E-state index in [9.17, 15) is 9.00 Å². The summed E-state index contributed by atoms with van der Waals surface area (Å²) in [5.74, 6) is 0.669. The first-order valence-corrected chi connectivity index (χ1v) is 13.2. The molecule has 1 saturated carbocycles. The average molecular weight is 453 g/mol. The third-order valence-electron chi connectivity index (χ3n) is 7.11. The van der Waals surface area contributed by atoms with Gasteiger partial charge in [0.05, 0.1) is 4.90 Å². The van der Waals surface area contributed by atoms with E-state index >= 15 is 0 Å². The number of anilines is 1.